The van der Waals surface area contributed by atoms with Crippen LogP contribution in [0.1, 0.15) is 24.1 Å². The topological polar surface area (TPSA) is 103 Å². The number of aromatic hydroxyl groups is 1. The molecule has 4 aromatic rings. The lowest BCUT2D eigenvalue weighted by Crippen LogP contribution is -2.50. The number of aromatic nitrogens is 3. The van der Waals surface area contributed by atoms with Crippen molar-refractivity contribution in [3.8, 4) is 22.8 Å². The number of rotatable bonds is 6. The fourth-order valence-corrected chi connectivity index (χ4v) is 4.56. The van der Waals surface area contributed by atoms with Gasteiger partial charge in [-0.2, -0.15) is 5.10 Å². The SMILES string of the molecule is Cc1[nH]nc2nc(-c3ccc(O)cc3)cc(OC(=O)N(CCc3ccccc3)[C@@H]3CCCNC3)c12. The number of hydrogen-bond donors (Lipinski definition) is 3. The molecule has 35 heavy (non-hydrogen) atoms. The van der Waals surface area contributed by atoms with E-state index in [9.17, 15) is 9.90 Å². The zero-order valence-electron chi connectivity index (χ0n) is 19.7. The Labute approximate surface area is 204 Å². The highest BCUT2D eigenvalue weighted by atomic mass is 16.6. The molecule has 0 aliphatic carbocycles. The molecule has 0 radical (unpaired) electrons. The van der Waals surface area contributed by atoms with Crippen LogP contribution in [0.4, 0.5) is 4.79 Å². The number of piperidine rings is 1. The molecule has 1 aliphatic heterocycles. The molecule has 2 aromatic heterocycles. The monoisotopic (exact) mass is 471 g/mol. The van der Waals surface area contributed by atoms with Gasteiger partial charge >= 0.3 is 6.09 Å². The van der Waals surface area contributed by atoms with Crippen molar-refractivity contribution >= 4 is 17.1 Å². The summed E-state index contributed by atoms with van der Waals surface area (Å²) in [6, 6.07) is 18.8. The van der Waals surface area contributed by atoms with Crippen molar-refractivity contribution in [3.05, 3.63) is 71.9 Å². The molecule has 0 bridgehead atoms. The van der Waals surface area contributed by atoms with Gasteiger partial charge in [-0.15, -0.1) is 0 Å². The summed E-state index contributed by atoms with van der Waals surface area (Å²) in [5, 5.41) is 21.0. The summed E-state index contributed by atoms with van der Waals surface area (Å²) in [4.78, 5) is 20.1. The second kappa shape index (κ2) is 10.1. The van der Waals surface area contributed by atoms with Gasteiger partial charge in [-0.1, -0.05) is 30.3 Å². The van der Waals surface area contributed by atoms with Crippen molar-refractivity contribution in [1.82, 2.24) is 25.4 Å². The summed E-state index contributed by atoms with van der Waals surface area (Å²) in [7, 11) is 0. The Kier molecular flexibility index (Phi) is 6.63. The van der Waals surface area contributed by atoms with Crippen LogP contribution in [0.15, 0.2) is 60.7 Å². The third kappa shape index (κ3) is 5.12. The molecule has 0 saturated carbocycles. The van der Waals surface area contributed by atoms with E-state index in [0.29, 0.717) is 29.0 Å². The minimum Gasteiger partial charge on any atom is -0.508 e. The predicted molar refractivity (Wildman–Crippen MR) is 134 cm³/mol. The number of carbonyl (C=O) groups is 1. The zero-order valence-corrected chi connectivity index (χ0v) is 19.7. The number of amides is 1. The van der Waals surface area contributed by atoms with Crippen molar-refractivity contribution in [2.24, 2.45) is 0 Å². The van der Waals surface area contributed by atoms with Gasteiger partial charge in [0.25, 0.3) is 0 Å². The van der Waals surface area contributed by atoms with E-state index in [2.05, 4.69) is 32.6 Å². The van der Waals surface area contributed by atoms with E-state index in [-0.39, 0.29) is 17.9 Å². The van der Waals surface area contributed by atoms with E-state index >= 15 is 0 Å². The van der Waals surface area contributed by atoms with Crippen molar-refractivity contribution in [2.75, 3.05) is 19.6 Å². The number of nitrogens with zero attached hydrogens (tertiary/aromatic N) is 3. The predicted octanol–water partition coefficient (Wildman–Crippen LogP) is 4.43. The number of pyridine rings is 1. The molecule has 0 unspecified atom stereocenters. The van der Waals surface area contributed by atoms with Crippen LogP contribution in [0.3, 0.4) is 0 Å². The second-order valence-corrected chi connectivity index (χ2v) is 8.90. The van der Waals surface area contributed by atoms with Gasteiger partial charge in [0.05, 0.1) is 11.1 Å². The lowest BCUT2D eigenvalue weighted by atomic mass is 10.1. The maximum Gasteiger partial charge on any atom is 0.415 e. The molecule has 180 valence electrons. The number of phenols is 1. The molecule has 1 saturated heterocycles. The number of benzene rings is 2. The molecule has 1 aliphatic rings. The van der Waals surface area contributed by atoms with Crippen LogP contribution < -0.4 is 10.1 Å². The number of carbonyl (C=O) groups excluding carboxylic acids is 1. The highest BCUT2D eigenvalue weighted by Crippen LogP contribution is 2.32. The van der Waals surface area contributed by atoms with E-state index in [1.54, 1.807) is 30.3 Å². The summed E-state index contributed by atoms with van der Waals surface area (Å²) in [6.07, 6.45) is 2.33. The van der Waals surface area contributed by atoms with Gasteiger partial charge in [0, 0.05) is 36.5 Å². The largest absolute Gasteiger partial charge is 0.508 e. The summed E-state index contributed by atoms with van der Waals surface area (Å²) < 4.78 is 6.07. The molecule has 8 nitrogen and oxygen atoms in total. The summed E-state index contributed by atoms with van der Waals surface area (Å²) in [6.45, 7) is 4.16. The van der Waals surface area contributed by atoms with Gasteiger partial charge in [0.2, 0.25) is 0 Å². The summed E-state index contributed by atoms with van der Waals surface area (Å²) in [5.41, 5.74) is 3.84. The Morgan fingerprint density at radius 1 is 1.17 bits per heavy atom. The van der Waals surface area contributed by atoms with Crippen molar-refractivity contribution in [1.29, 1.82) is 0 Å². The van der Waals surface area contributed by atoms with Gasteiger partial charge in [-0.3, -0.25) is 5.10 Å². The third-order valence-corrected chi connectivity index (χ3v) is 6.46. The number of aromatic amines is 1. The first-order valence-corrected chi connectivity index (χ1v) is 12.0. The van der Waals surface area contributed by atoms with Gasteiger partial charge in [0.15, 0.2) is 5.65 Å². The number of hydrogen-bond acceptors (Lipinski definition) is 6. The van der Waals surface area contributed by atoms with Crippen LogP contribution in [-0.2, 0) is 6.42 Å². The number of phenolic OH excluding ortho intramolecular Hbond substituents is 1. The Morgan fingerprint density at radius 3 is 2.71 bits per heavy atom. The number of fused-ring (bicyclic) bond motifs is 1. The molecule has 1 amide bonds. The van der Waals surface area contributed by atoms with Crippen LogP contribution in [-0.4, -0.2) is 57.0 Å². The quantitative estimate of drug-likeness (QED) is 0.384. The number of ether oxygens (including phenoxy) is 1. The minimum absolute atomic E-state index is 0.0688. The smallest absolute Gasteiger partial charge is 0.415 e. The van der Waals surface area contributed by atoms with Crippen LogP contribution in [0, 0.1) is 6.92 Å². The lowest BCUT2D eigenvalue weighted by molar-refractivity contribution is 0.122. The molecule has 2 aromatic carbocycles. The molecule has 8 heteroatoms. The van der Waals surface area contributed by atoms with E-state index in [1.807, 2.05) is 30.0 Å². The Bertz CT molecular complexity index is 1300. The zero-order chi connectivity index (χ0) is 24.2. The lowest BCUT2D eigenvalue weighted by Gasteiger charge is -2.34. The van der Waals surface area contributed by atoms with Crippen molar-refractivity contribution in [3.63, 3.8) is 0 Å². The maximum atomic E-state index is 13.6. The standard InChI is InChI=1S/C27H29N5O3/c1-18-25-24(16-23(29-26(25)31-30-18)20-9-11-22(33)12-10-20)35-27(34)32(21-8-5-14-28-17-21)15-13-19-6-3-2-4-7-19/h2-4,6-7,9-12,16,21,28,33H,5,8,13-15,17H2,1H3,(H,29,30,31)/t21-/m1/s1. The Morgan fingerprint density at radius 2 is 1.97 bits per heavy atom. The fraction of sp³-hybridized carbons (Fsp3) is 0.296. The highest BCUT2D eigenvalue weighted by molar-refractivity contribution is 5.89. The second-order valence-electron chi connectivity index (χ2n) is 8.90. The number of H-pyrrole nitrogens is 1. The Hall–Kier alpha value is -3.91. The molecule has 1 atom stereocenters. The van der Waals surface area contributed by atoms with Crippen LogP contribution in [0.25, 0.3) is 22.3 Å². The van der Waals surface area contributed by atoms with Crippen LogP contribution >= 0.6 is 0 Å². The minimum atomic E-state index is -0.376. The molecular weight excluding hydrogens is 442 g/mol. The van der Waals surface area contributed by atoms with E-state index in [4.69, 9.17) is 4.74 Å². The first-order valence-electron chi connectivity index (χ1n) is 12.0. The maximum absolute atomic E-state index is 13.6. The number of nitrogens with one attached hydrogen (secondary N) is 2. The van der Waals surface area contributed by atoms with Gasteiger partial charge in [0.1, 0.15) is 11.5 Å². The van der Waals surface area contributed by atoms with Gasteiger partial charge < -0.3 is 20.1 Å². The summed E-state index contributed by atoms with van der Waals surface area (Å²) >= 11 is 0. The van der Waals surface area contributed by atoms with Crippen molar-refractivity contribution < 1.29 is 14.6 Å². The third-order valence-electron chi connectivity index (χ3n) is 6.46. The van der Waals surface area contributed by atoms with Gasteiger partial charge in [-0.05, 0) is 62.6 Å². The number of aryl methyl sites for hydroxylation is 1. The molecule has 3 N–H and O–H groups in total. The molecule has 0 spiro atoms. The normalized spacial score (nSPS) is 15.7. The highest BCUT2D eigenvalue weighted by Gasteiger charge is 2.28. The van der Waals surface area contributed by atoms with Crippen molar-refractivity contribution in [2.45, 2.75) is 32.2 Å². The van der Waals surface area contributed by atoms with E-state index < -0.39 is 0 Å². The average molecular weight is 472 g/mol. The van der Waals surface area contributed by atoms with Gasteiger partial charge in [-0.25, -0.2) is 9.78 Å². The first kappa shape index (κ1) is 22.9. The summed E-state index contributed by atoms with van der Waals surface area (Å²) in [5.74, 6) is 0.593. The fourth-order valence-electron chi connectivity index (χ4n) is 4.56. The molecule has 1 fully saturated rings. The first-order chi connectivity index (χ1) is 17.1. The van der Waals surface area contributed by atoms with Crippen LogP contribution in [0.5, 0.6) is 11.5 Å². The average Bonchev–Trinajstić information content (AvgIpc) is 3.26. The van der Waals surface area contributed by atoms with E-state index in [0.717, 1.165) is 43.6 Å². The van der Waals surface area contributed by atoms with Crippen LogP contribution in [0.2, 0.25) is 0 Å². The Balaban J connectivity index is 1.45. The van der Waals surface area contributed by atoms with E-state index in [1.165, 1.54) is 5.56 Å². The molecule has 3 heterocycles. The molecule has 5 rings (SSSR count). The molecular formula is C27H29N5O3.